The lowest BCUT2D eigenvalue weighted by Gasteiger charge is -2.04. The number of anilines is 1. The van der Waals surface area contributed by atoms with Crippen molar-refractivity contribution in [3.63, 3.8) is 0 Å². The molecule has 0 aliphatic rings. The zero-order valence-electron chi connectivity index (χ0n) is 8.96. The van der Waals surface area contributed by atoms with Crippen LogP contribution >= 0.6 is 0 Å². The highest BCUT2D eigenvalue weighted by Gasteiger charge is 2.13. The molecular weight excluding hydrogens is 228 g/mol. The first-order chi connectivity index (χ1) is 8.06. The van der Waals surface area contributed by atoms with Gasteiger partial charge in [0.2, 0.25) is 0 Å². The molecule has 2 rings (SSSR count). The molecule has 0 atom stereocenters. The third kappa shape index (κ3) is 2.50. The van der Waals surface area contributed by atoms with E-state index in [1.165, 1.54) is 6.26 Å². The van der Waals surface area contributed by atoms with Crippen LogP contribution in [0.25, 0.3) is 0 Å². The van der Waals surface area contributed by atoms with Gasteiger partial charge in [-0.1, -0.05) is 0 Å². The second-order valence-corrected chi connectivity index (χ2v) is 3.54. The highest BCUT2D eigenvalue weighted by molar-refractivity contribution is 6.03. The Morgan fingerprint density at radius 2 is 1.88 bits per heavy atom. The molecule has 1 N–H and O–H groups in total. The van der Waals surface area contributed by atoms with Gasteiger partial charge < -0.3 is 9.73 Å². The van der Waals surface area contributed by atoms with Gasteiger partial charge in [-0.15, -0.1) is 0 Å². The third-order valence-electron chi connectivity index (χ3n) is 2.19. The van der Waals surface area contributed by atoms with Crippen LogP contribution in [0.3, 0.4) is 0 Å². The number of aryl methyl sites for hydroxylation is 1. The molecule has 3 nitrogen and oxygen atoms in total. The third-order valence-corrected chi connectivity index (χ3v) is 2.19. The van der Waals surface area contributed by atoms with E-state index in [9.17, 15) is 13.6 Å². The Hall–Kier alpha value is -2.17. The minimum atomic E-state index is -0.753. The van der Waals surface area contributed by atoms with E-state index in [-0.39, 0.29) is 11.4 Å². The Labute approximate surface area is 96.1 Å². The molecule has 5 heteroatoms. The number of halogens is 2. The first-order valence-corrected chi connectivity index (χ1v) is 4.88. The van der Waals surface area contributed by atoms with Gasteiger partial charge in [-0.05, 0) is 25.1 Å². The van der Waals surface area contributed by atoms with Crippen molar-refractivity contribution in [3.8, 4) is 0 Å². The van der Waals surface area contributed by atoms with Crippen molar-refractivity contribution in [2.45, 2.75) is 6.92 Å². The lowest BCUT2D eigenvalue weighted by molar-refractivity contribution is 0.0996. The number of furan rings is 1. The Balaban J connectivity index is 2.21. The van der Waals surface area contributed by atoms with Crippen LogP contribution in [0.4, 0.5) is 14.5 Å². The zero-order chi connectivity index (χ0) is 12.4. The van der Waals surface area contributed by atoms with Gasteiger partial charge in [0.15, 0.2) is 5.76 Å². The van der Waals surface area contributed by atoms with Crippen molar-refractivity contribution in [2.24, 2.45) is 0 Å². The number of nitrogens with one attached hydrogen (secondary N) is 1. The van der Waals surface area contributed by atoms with E-state index in [0.717, 1.165) is 18.2 Å². The van der Waals surface area contributed by atoms with E-state index in [4.69, 9.17) is 4.42 Å². The van der Waals surface area contributed by atoms with Gasteiger partial charge in [0, 0.05) is 17.3 Å². The maximum atomic E-state index is 12.9. The number of amides is 1. The fourth-order valence-electron chi connectivity index (χ4n) is 1.42. The van der Waals surface area contributed by atoms with Crippen LogP contribution in [0.2, 0.25) is 0 Å². The SMILES string of the molecule is Cc1ccoc1C(=O)Nc1cc(F)cc(F)c1. The van der Waals surface area contributed by atoms with Crippen molar-refractivity contribution in [3.05, 3.63) is 53.5 Å². The molecule has 0 fully saturated rings. The van der Waals surface area contributed by atoms with Gasteiger partial charge in [-0.3, -0.25) is 4.79 Å². The predicted octanol–water partition coefficient (Wildman–Crippen LogP) is 3.12. The highest BCUT2D eigenvalue weighted by atomic mass is 19.1. The van der Waals surface area contributed by atoms with E-state index in [2.05, 4.69) is 5.32 Å². The van der Waals surface area contributed by atoms with Crippen LogP contribution in [0, 0.1) is 18.6 Å². The van der Waals surface area contributed by atoms with Crippen molar-refractivity contribution >= 4 is 11.6 Å². The lowest BCUT2D eigenvalue weighted by Crippen LogP contribution is -2.12. The number of rotatable bonds is 2. The number of hydrogen-bond acceptors (Lipinski definition) is 2. The molecule has 0 saturated carbocycles. The van der Waals surface area contributed by atoms with E-state index in [1.54, 1.807) is 13.0 Å². The highest BCUT2D eigenvalue weighted by Crippen LogP contribution is 2.16. The van der Waals surface area contributed by atoms with Gasteiger partial charge >= 0.3 is 0 Å². The summed E-state index contributed by atoms with van der Waals surface area (Å²) in [6, 6.07) is 4.41. The molecule has 0 spiro atoms. The molecule has 0 saturated heterocycles. The predicted molar refractivity (Wildman–Crippen MR) is 57.8 cm³/mol. The summed E-state index contributed by atoms with van der Waals surface area (Å²) in [4.78, 5) is 11.7. The largest absolute Gasteiger partial charge is 0.459 e. The topological polar surface area (TPSA) is 42.2 Å². The average Bonchev–Trinajstić information content (AvgIpc) is 2.62. The molecule has 1 aromatic heterocycles. The van der Waals surface area contributed by atoms with Gasteiger partial charge in [-0.25, -0.2) is 8.78 Å². The summed E-state index contributed by atoms with van der Waals surface area (Å²) in [5, 5.41) is 2.35. The quantitative estimate of drug-likeness (QED) is 0.871. The van der Waals surface area contributed by atoms with Crippen LogP contribution in [0.1, 0.15) is 16.1 Å². The second-order valence-electron chi connectivity index (χ2n) is 3.54. The van der Waals surface area contributed by atoms with Crippen LogP contribution in [0.5, 0.6) is 0 Å². The molecule has 1 amide bonds. The van der Waals surface area contributed by atoms with Gasteiger partial charge in [-0.2, -0.15) is 0 Å². The van der Waals surface area contributed by atoms with E-state index >= 15 is 0 Å². The number of benzene rings is 1. The zero-order valence-corrected chi connectivity index (χ0v) is 8.96. The Bertz CT molecular complexity index is 543. The smallest absolute Gasteiger partial charge is 0.291 e. The Kier molecular flexibility index (Phi) is 2.91. The van der Waals surface area contributed by atoms with E-state index in [1.807, 2.05) is 0 Å². The molecule has 1 heterocycles. The maximum Gasteiger partial charge on any atom is 0.291 e. The average molecular weight is 237 g/mol. The molecule has 0 radical (unpaired) electrons. The number of carbonyl (C=O) groups excluding carboxylic acids is 1. The van der Waals surface area contributed by atoms with Crippen LogP contribution in [-0.2, 0) is 0 Å². The fraction of sp³-hybridized carbons (Fsp3) is 0.0833. The summed E-state index contributed by atoms with van der Waals surface area (Å²) in [6.45, 7) is 1.70. The minimum absolute atomic E-state index is 0.0447. The first kappa shape index (κ1) is 11.3. The van der Waals surface area contributed by atoms with Crippen LogP contribution in [-0.4, -0.2) is 5.91 Å². The molecule has 17 heavy (non-hydrogen) atoms. The summed E-state index contributed by atoms with van der Waals surface area (Å²) < 4.78 is 30.7. The molecule has 0 aliphatic heterocycles. The standard InChI is InChI=1S/C12H9F2NO2/c1-7-2-3-17-11(7)12(16)15-10-5-8(13)4-9(14)6-10/h2-6H,1H3,(H,15,16). The number of carbonyl (C=O) groups is 1. The fourth-order valence-corrected chi connectivity index (χ4v) is 1.42. The molecule has 0 bridgehead atoms. The van der Waals surface area contributed by atoms with E-state index in [0.29, 0.717) is 5.56 Å². The molecule has 88 valence electrons. The van der Waals surface area contributed by atoms with Gasteiger partial charge in [0.05, 0.1) is 6.26 Å². The summed E-state index contributed by atoms with van der Waals surface area (Å²) in [5.41, 5.74) is 0.697. The second kappa shape index (κ2) is 4.37. The molecule has 0 unspecified atom stereocenters. The van der Waals surface area contributed by atoms with Gasteiger partial charge in [0.25, 0.3) is 5.91 Å². The van der Waals surface area contributed by atoms with Crippen molar-refractivity contribution in [1.29, 1.82) is 0 Å². The van der Waals surface area contributed by atoms with Crippen molar-refractivity contribution < 1.29 is 18.0 Å². The van der Waals surface area contributed by atoms with Crippen molar-refractivity contribution in [1.82, 2.24) is 0 Å². The summed E-state index contributed by atoms with van der Waals surface area (Å²) in [6.07, 6.45) is 1.37. The minimum Gasteiger partial charge on any atom is -0.459 e. The Morgan fingerprint density at radius 3 is 2.41 bits per heavy atom. The Morgan fingerprint density at radius 1 is 1.24 bits per heavy atom. The van der Waals surface area contributed by atoms with Crippen molar-refractivity contribution in [2.75, 3.05) is 5.32 Å². The van der Waals surface area contributed by atoms with Crippen LogP contribution in [0.15, 0.2) is 34.9 Å². The van der Waals surface area contributed by atoms with Crippen LogP contribution < -0.4 is 5.32 Å². The summed E-state index contributed by atoms with van der Waals surface area (Å²) >= 11 is 0. The summed E-state index contributed by atoms with van der Waals surface area (Å²) in [7, 11) is 0. The molecule has 2 aromatic rings. The molecule has 1 aromatic carbocycles. The molecular formula is C12H9F2NO2. The number of hydrogen-bond donors (Lipinski definition) is 1. The normalized spacial score (nSPS) is 10.3. The lowest BCUT2D eigenvalue weighted by atomic mass is 10.2. The summed E-state index contributed by atoms with van der Waals surface area (Å²) in [5.74, 6) is -1.93. The maximum absolute atomic E-state index is 12.9. The molecule has 0 aliphatic carbocycles. The first-order valence-electron chi connectivity index (χ1n) is 4.88. The van der Waals surface area contributed by atoms with Gasteiger partial charge in [0.1, 0.15) is 11.6 Å². The monoisotopic (exact) mass is 237 g/mol. The van der Waals surface area contributed by atoms with E-state index < -0.39 is 17.5 Å².